The summed E-state index contributed by atoms with van der Waals surface area (Å²) < 4.78 is 30.2. The number of anilines is 2. The van der Waals surface area contributed by atoms with Crippen molar-refractivity contribution in [3.8, 4) is 23.0 Å². The summed E-state index contributed by atoms with van der Waals surface area (Å²) in [7, 11) is 1.46. The summed E-state index contributed by atoms with van der Waals surface area (Å²) in [5.74, 6) is -0.913. The third-order valence-electron chi connectivity index (χ3n) is 6.69. The van der Waals surface area contributed by atoms with E-state index in [1.54, 1.807) is 36.5 Å². The number of aromatic nitrogens is 1. The van der Waals surface area contributed by atoms with Crippen molar-refractivity contribution in [1.29, 1.82) is 0 Å². The molecule has 5 rings (SSSR count). The molecule has 13 heteroatoms. The molecule has 43 heavy (non-hydrogen) atoms. The Hall–Kier alpha value is -3.26. The number of methoxy groups -OCH3 is 1. The predicted octanol–water partition coefficient (Wildman–Crippen LogP) is 5.39. The van der Waals surface area contributed by atoms with Crippen molar-refractivity contribution in [3.05, 3.63) is 77.7 Å². The number of carboxylic acids is 1. The molecule has 0 atom stereocenters. The summed E-state index contributed by atoms with van der Waals surface area (Å²) in [5.41, 5.74) is 0.0735. The van der Waals surface area contributed by atoms with Crippen LogP contribution in [0.2, 0.25) is 5.02 Å². The van der Waals surface area contributed by atoms with E-state index >= 15 is 0 Å². The normalized spacial score (nSPS) is 12.9. The first kappa shape index (κ1) is 32.6. The number of hydrogen-bond acceptors (Lipinski definition) is 7. The fourth-order valence-electron chi connectivity index (χ4n) is 4.23. The third kappa shape index (κ3) is 7.64. The number of carboxylic acid groups (broad SMARTS) is 1. The summed E-state index contributed by atoms with van der Waals surface area (Å²) in [4.78, 5) is 41.0. The van der Waals surface area contributed by atoms with Gasteiger partial charge in [0, 0.05) is 29.0 Å². The Balaban J connectivity index is 0.00000423. The fraction of sp³-hybridized carbons (Fsp3) is 0.200. The molecule has 0 radical (unpaired) electrons. The molecule has 1 heterocycles. The quantitative estimate of drug-likeness (QED) is 0.148. The third-order valence-corrected chi connectivity index (χ3v) is 6.99. The van der Waals surface area contributed by atoms with E-state index < -0.39 is 29.0 Å². The van der Waals surface area contributed by atoms with Crippen molar-refractivity contribution in [2.75, 3.05) is 24.4 Å². The van der Waals surface area contributed by atoms with Crippen LogP contribution in [0.3, 0.4) is 0 Å². The molecular formula is C30H26ClFKN3O7. The molecule has 1 aliphatic rings. The number of fused-ring (bicyclic) bond motifs is 1. The minimum atomic E-state index is -1.22. The fourth-order valence-corrected chi connectivity index (χ4v) is 4.45. The van der Waals surface area contributed by atoms with Gasteiger partial charge in [0.2, 0.25) is 11.8 Å². The monoisotopic (exact) mass is 633 g/mol. The van der Waals surface area contributed by atoms with E-state index in [1.807, 2.05) is 0 Å². The van der Waals surface area contributed by atoms with Crippen molar-refractivity contribution < 1.29 is 38.1 Å². The number of benzene rings is 3. The molecule has 0 spiro atoms. The standard InChI is InChI=1S/C30H25ClFN3O7.K.H/c1-40-25-15-20-22(16-26(25)41-13-9-27(36)37)33-12-8-23(20)42-24-7-6-19(14-21(24)31)35-29(39)30(10-11-30)28(38)34-18-4-2-17(32)3-5-18;;/h2-8,12,14-16H,9-11,13H2,1H3,(H,34,38)(H,35,39)(H,36,37);;. The van der Waals surface area contributed by atoms with Crippen LogP contribution in [0.4, 0.5) is 15.8 Å². The second-order valence-corrected chi connectivity index (χ2v) is 9.97. The molecule has 1 aliphatic carbocycles. The number of nitrogens with one attached hydrogen (secondary N) is 2. The zero-order valence-corrected chi connectivity index (χ0v) is 23.0. The summed E-state index contributed by atoms with van der Waals surface area (Å²) in [6, 6.07) is 15.0. The SMILES string of the molecule is COc1cc2c(Oc3ccc(NC(=O)C4(C(=O)Nc5ccc(F)cc5)CC4)cc3Cl)ccnc2cc1OCCC(=O)O.[KH]. The zero-order valence-electron chi connectivity index (χ0n) is 22.3. The molecule has 0 unspecified atom stereocenters. The topological polar surface area (TPSA) is 136 Å². The Bertz CT molecular complexity index is 1680. The first-order valence-corrected chi connectivity index (χ1v) is 13.2. The predicted molar refractivity (Wildman–Crippen MR) is 160 cm³/mol. The van der Waals surface area contributed by atoms with Crippen LogP contribution in [-0.2, 0) is 14.4 Å². The van der Waals surface area contributed by atoms with Crippen LogP contribution in [0.25, 0.3) is 10.9 Å². The maximum absolute atomic E-state index is 13.2. The molecule has 3 aromatic carbocycles. The molecule has 1 aromatic heterocycles. The molecule has 4 aromatic rings. The van der Waals surface area contributed by atoms with E-state index in [4.69, 9.17) is 30.9 Å². The number of aliphatic carboxylic acids is 1. The van der Waals surface area contributed by atoms with Crippen molar-refractivity contribution in [2.24, 2.45) is 5.41 Å². The molecule has 218 valence electrons. The molecule has 0 saturated heterocycles. The van der Waals surface area contributed by atoms with E-state index in [2.05, 4.69) is 15.6 Å². The molecule has 2 amide bonds. The van der Waals surface area contributed by atoms with Crippen LogP contribution in [0.15, 0.2) is 66.9 Å². The number of halogens is 2. The average Bonchev–Trinajstić information content (AvgIpc) is 3.78. The van der Waals surface area contributed by atoms with Crippen LogP contribution in [0.1, 0.15) is 19.3 Å². The molecule has 0 aliphatic heterocycles. The summed E-state index contributed by atoms with van der Waals surface area (Å²) in [6.45, 7) is -0.0358. The van der Waals surface area contributed by atoms with Gasteiger partial charge in [-0.1, -0.05) is 11.6 Å². The second kappa shape index (κ2) is 14.0. The number of hydrogen-bond donors (Lipinski definition) is 3. The van der Waals surface area contributed by atoms with E-state index in [0.717, 1.165) is 0 Å². The van der Waals surface area contributed by atoms with Crippen LogP contribution in [0, 0.1) is 11.2 Å². The van der Waals surface area contributed by atoms with Crippen LogP contribution >= 0.6 is 11.6 Å². The summed E-state index contributed by atoms with van der Waals surface area (Å²) in [6.07, 6.45) is 2.13. The molecule has 1 fully saturated rings. The van der Waals surface area contributed by atoms with Gasteiger partial charge in [-0.2, -0.15) is 0 Å². The zero-order chi connectivity index (χ0) is 29.9. The van der Waals surface area contributed by atoms with Crippen molar-refractivity contribution >= 4 is 103 Å². The van der Waals surface area contributed by atoms with Gasteiger partial charge >= 0.3 is 57.4 Å². The molecule has 3 N–H and O–H groups in total. The van der Waals surface area contributed by atoms with Gasteiger partial charge in [0.1, 0.15) is 22.7 Å². The molecule has 10 nitrogen and oxygen atoms in total. The minimum absolute atomic E-state index is 0. The van der Waals surface area contributed by atoms with Gasteiger partial charge < -0.3 is 30.0 Å². The maximum atomic E-state index is 13.2. The van der Waals surface area contributed by atoms with E-state index in [-0.39, 0.29) is 69.4 Å². The van der Waals surface area contributed by atoms with Gasteiger partial charge in [-0.3, -0.25) is 19.4 Å². The van der Waals surface area contributed by atoms with E-state index in [0.29, 0.717) is 58.1 Å². The van der Waals surface area contributed by atoms with Crippen molar-refractivity contribution in [3.63, 3.8) is 0 Å². The Morgan fingerprint density at radius 2 is 1.60 bits per heavy atom. The van der Waals surface area contributed by atoms with Crippen molar-refractivity contribution in [2.45, 2.75) is 19.3 Å². The number of pyridine rings is 1. The molecular weight excluding hydrogens is 608 g/mol. The van der Waals surface area contributed by atoms with Crippen LogP contribution in [-0.4, -0.2) is 93.0 Å². The number of amides is 2. The van der Waals surface area contributed by atoms with Gasteiger partial charge in [-0.05, 0) is 67.4 Å². The number of rotatable bonds is 11. The number of ether oxygens (including phenoxy) is 3. The van der Waals surface area contributed by atoms with Gasteiger partial charge in [-0.25, -0.2) is 4.39 Å². The van der Waals surface area contributed by atoms with Gasteiger partial charge in [0.15, 0.2) is 11.5 Å². The summed E-state index contributed by atoms with van der Waals surface area (Å²) in [5, 5.41) is 15.1. The molecule has 0 bridgehead atoms. The van der Waals surface area contributed by atoms with E-state index in [9.17, 15) is 18.8 Å². The van der Waals surface area contributed by atoms with E-state index in [1.165, 1.54) is 37.4 Å². The molecule has 1 saturated carbocycles. The number of carbonyl (C=O) groups is 3. The van der Waals surface area contributed by atoms with Gasteiger partial charge in [0.05, 0.1) is 30.7 Å². The Morgan fingerprint density at radius 3 is 2.23 bits per heavy atom. The first-order chi connectivity index (χ1) is 20.2. The number of carbonyl (C=O) groups excluding carboxylic acids is 2. The second-order valence-electron chi connectivity index (χ2n) is 9.57. The first-order valence-electron chi connectivity index (χ1n) is 12.9. The number of nitrogens with zero attached hydrogens (tertiary/aromatic N) is 1. The average molecular weight is 634 g/mol. The van der Waals surface area contributed by atoms with Crippen molar-refractivity contribution in [1.82, 2.24) is 4.98 Å². The summed E-state index contributed by atoms with van der Waals surface area (Å²) >= 11 is 6.50. The Kier molecular flexibility index (Phi) is 10.6. The van der Waals surface area contributed by atoms with Gasteiger partial charge in [0.25, 0.3) is 0 Å². The van der Waals surface area contributed by atoms with Crippen LogP contribution < -0.4 is 24.8 Å². The van der Waals surface area contributed by atoms with Crippen LogP contribution in [0.5, 0.6) is 23.0 Å². The Labute approximate surface area is 293 Å². The Morgan fingerprint density at radius 1 is 0.930 bits per heavy atom. The van der Waals surface area contributed by atoms with Gasteiger partial charge in [-0.15, -0.1) is 0 Å².